The summed E-state index contributed by atoms with van der Waals surface area (Å²) in [6.45, 7) is -0.217. The molecule has 3 N–H and O–H groups in total. The molecule has 2 aliphatic rings. The van der Waals surface area contributed by atoms with E-state index in [4.69, 9.17) is 4.74 Å². The number of aliphatic imine (C=N–C) groups is 1. The maximum absolute atomic E-state index is 9.91. The minimum absolute atomic E-state index is 0.217. The number of rotatable bonds is 3. The van der Waals surface area contributed by atoms with Crippen molar-refractivity contribution in [2.45, 2.75) is 30.1 Å². The molecule has 1 aliphatic heterocycles. The van der Waals surface area contributed by atoms with Gasteiger partial charge < -0.3 is 20.1 Å². The standard InChI is InChI=1S/C14H17NO4S/c16-6-9-11(17)12(18)10-13(9)19-14(15-10)20-7-8-4-2-1-3-5-8/h1-5,9-13,16-18H,6-7H2/t9-,10-,11-,12-,13+/m1/s1. The van der Waals surface area contributed by atoms with Gasteiger partial charge >= 0.3 is 0 Å². The number of thioether (sulfide) groups is 1. The van der Waals surface area contributed by atoms with Crippen molar-refractivity contribution in [3.8, 4) is 0 Å². The molecular weight excluding hydrogens is 278 g/mol. The first-order valence-electron chi connectivity index (χ1n) is 6.59. The third-order valence-electron chi connectivity index (χ3n) is 3.80. The van der Waals surface area contributed by atoms with E-state index in [0.717, 1.165) is 5.75 Å². The Kier molecular flexibility index (Phi) is 3.98. The molecule has 1 heterocycles. The lowest BCUT2D eigenvalue weighted by Crippen LogP contribution is -2.31. The maximum Gasteiger partial charge on any atom is 0.246 e. The number of hydrogen-bond donors (Lipinski definition) is 3. The van der Waals surface area contributed by atoms with Crippen molar-refractivity contribution >= 4 is 17.0 Å². The SMILES string of the molecule is OC[C@@H]1[C@@H](O)[C@H](O)[C@H]2N=C(SCc3ccccc3)O[C@@H]12. The highest BCUT2D eigenvalue weighted by atomic mass is 32.2. The molecule has 0 aromatic heterocycles. The molecular formula is C14H17NO4S. The second-order valence-corrected chi connectivity index (χ2v) is 6.00. The highest BCUT2D eigenvalue weighted by Gasteiger charge is 2.54. The number of aliphatic hydroxyl groups excluding tert-OH is 3. The van der Waals surface area contributed by atoms with Gasteiger partial charge in [0, 0.05) is 11.7 Å². The summed E-state index contributed by atoms with van der Waals surface area (Å²) in [6.07, 6.45) is -2.37. The molecule has 5 atom stereocenters. The molecule has 108 valence electrons. The first-order valence-corrected chi connectivity index (χ1v) is 7.57. The number of nitrogens with zero attached hydrogens (tertiary/aromatic N) is 1. The first kappa shape index (κ1) is 13.9. The second-order valence-electron chi connectivity index (χ2n) is 5.07. The first-order chi connectivity index (χ1) is 9.70. The molecule has 0 radical (unpaired) electrons. The van der Waals surface area contributed by atoms with Gasteiger partial charge in [0.05, 0.1) is 12.7 Å². The topological polar surface area (TPSA) is 82.3 Å². The van der Waals surface area contributed by atoms with Crippen LogP contribution in [0.15, 0.2) is 35.3 Å². The van der Waals surface area contributed by atoms with Crippen molar-refractivity contribution in [3.05, 3.63) is 35.9 Å². The monoisotopic (exact) mass is 295 g/mol. The fraction of sp³-hybridized carbons (Fsp3) is 0.500. The summed E-state index contributed by atoms with van der Waals surface area (Å²) in [4.78, 5) is 4.33. The Morgan fingerprint density at radius 1 is 1.15 bits per heavy atom. The molecule has 1 saturated carbocycles. The molecule has 1 aromatic rings. The number of hydrogen-bond acceptors (Lipinski definition) is 6. The Hall–Kier alpha value is -1.08. The van der Waals surface area contributed by atoms with Crippen LogP contribution in [0.25, 0.3) is 0 Å². The van der Waals surface area contributed by atoms with Gasteiger partial charge in [0.2, 0.25) is 5.23 Å². The van der Waals surface area contributed by atoms with Gasteiger partial charge in [0.15, 0.2) is 0 Å². The third-order valence-corrected chi connectivity index (χ3v) is 4.73. The van der Waals surface area contributed by atoms with Gasteiger partial charge in [-0.1, -0.05) is 42.1 Å². The third kappa shape index (κ3) is 2.44. The van der Waals surface area contributed by atoms with Crippen LogP contribution in [0.1, 0.15) is 5.56 Å². The number of benzene rings is 1. The van der Waals surface area contributed by atoms with E-state index in [2.05, 4.69) is 4.99 Å². The Morgan fingerprint density at radius 3 is 2.60 bits per heavy atom. The smallest absolute Gasteiger partial charge is 0.246 e. The molecule has 5 nitrogen and oxygen atoms in total. The number of ether oxygens (including phenoxy) is 1. The van der Waals surface area contributed by atoms with E-state index in [1.54, 1.807) is 0 Å². The second kappa shape index (κ2) is 5.73. The average Bonchev–Trinajstić information content (AvgIpc) is 2.98. The number of aliphatic hydroxyl groups is 3. The van der Waals surface area contributed by atoms with Crippen LogP contribution >= 0.6 is 11.8 Å². The Morgan fingerprint density at radius 2 is 1.90 bits per heavy atom. The van der Waals surface area contributed by atoms with E-state index < -0.39 is 30.3 Å². The molecule has 0 saturated heterocycles. The maximum atomic E-state index is 9.91. The van der Waals surface area contributed by atoms with Crippen LogP contribution in [0, 0.1) is 5.92 Å². The summed E-state index contributed by atoms with van der Waals surface area (Å²) in [7, 11) is 0. The van der Waals surface area contributed by atoms with Crippen LogP contribution in [0.4, 0.5) is 0 Å². The van der Waals surface area contributed by atoms with Gasteiger partial charge in [0.1, 0.15) is 18.2 Å². The lowest BCUT2D eigenvalue weighted by molar-refractivity contribution is -0.00618. The predicted octanol–water partition coefficient (Wildman–Crippen LogP) is 0.387. The van der Waals surface area contributed by atoms with Gasteiger partial charge in [-0.2, -0.15) is 0 Å². The lowest BCUT2D eigenvalue weighted by atomic mass is 10.1. The largest absolute Gasteiger partial charge is 0.467 e. The summed E-state index contributed by atoms with van der Waals surface area (Å²) in [5.41, 5.74) is 1.17. The molecule has 20 heavy (non-hydrogen) atoms. The van der Waals surface area contributed by atoms with Gasteiger partial charge in [0.25, 0.3) is 0 Å². The molecule has 1 aliphatic carbocycles. The van der Waals surface area contributed by atoms with Crippen LogP contribution in [0.2, 0.25) is 0 Å². The summed E-state index contributed by atoms with van der Waals surface area (Å²) < 4.78 is 5.68. The van der Waals surface area contributed by atoms with Gasteiger partial charge in [-0.15, -0.1) is 0 Å². The summed E-state index contributed by atoms with van der Waals surface area (Å²) in [6, 6.07) is 9.50. The van der Waals surface area contributed by atoms with Crippen molar-refractivity contribution in [1.29, 1.82) is 0 Å². The van der Waals surface area contributed by atoms with Gasteiger partial charge in [-0.3, -0.25) is 0 Å². The van der Waals surface area contributed by atoms with E-state index in [1.807, 2.05) is 30.3 Å². The van der Waals surface area contributed by atoms with E-state index in [9.17, 15) is 15.3 Å². The van der Waals surface area contributed by atoms with Crippen molar-refractivity contribution in [1.82, 2.24) is 0 Å². The summed E-state index contributed by atoms with van der Waals surface area (Å²) in [5, 5.41) is 29.5. The minimum Gasteiger partial charge on any atom is -0.467 e. The van der Waals surface area contributed by atoms with Crippen molar-refractivity contribution < 1.29 is 20.1 Å². The molecule has 0 bridgehead atoms. The zero-order chi connectivity index (χ0) is 14.1. The zero-order valence-electron chi connectivity index (χ0n) is 10.8. The van der Waals surface area contributed by atoms with E-state index in [1.165, 1.54) is 17.3 Å². The molecule has 1 fully saturated rings. The molecule has 6 heteroatoms. The molecule has 3 rings (SSSR count). The predicted molar refractivity (Wildman–Crippen MR) is 76.4 cm³/mol. The summed E-state index contributed by atoms with van der Waals surface area (Å²) >= 11 is 1.46. The molecule has 0 spiro atoms. The van der Waals surface area contributed by atoms with Gasteiger partial charge in [-0.25, -0.2) is 4.99 Å². The van der Waals surface area contributed by atoms with E-state index >= 15 is 0 Å². The normalized spacial score (nSPS) is 35.5. The molecule has 0 amide bonds. The molecule has 0 unspecified atom stereocenters. The minimum atomic E-state index is -0.973. The summed E-state index contributed by atoms with van der Waals surface area (Å²) in [5.74, 6) is 0.259. The molecule has 1 aromatic carbocycles. The number of fused-ring (bicyclic) bond motifs is 1. The lowest BCUT2D eigenvalue weighted by Gasteiger charge is -2.18. The van der Waals surface area contributed by atoms with Crippen LogP contribution in [-0.4, -0.2) is 51.5 Å². The van der Waals surface area contributed by atoms with Crippen LogP contribution < -0.4 is 0 Å². The van der Waals surface area contributed by atoms with Crippen LogP contribution in [0.5, 0.6) is 0 Å². The Labute approximate surface area is 121 Å². The van der Waals surface area contributed by atoms with Crippen molar-refractivity contribution in [3.63, 3.8) is 0 Å². The average molecular weight is 295 g/mol. The fourth-order valence-electron chi connectivity index (χ4n) is 2.68. The highest BCUT2D eigenvalue weighted by Crippen LogP contribution is 2.37. The van der Waals surface area contributed by atoms with Crippen molar-refractivity contribution in [2.24, 2.45) is 10.9 Å². The Balaban J connectivity index is 1.64. The van der Waals surface area contributed by atoms with E-state index in [-0.39, 0.29) is 6.61 Å². The Bertz CT molecular complexity index is 495. The quantitative estimate of drug-likeness (QED) is 0.751. The van der Waals surface area contributed by atoms with Crippen LogP contribution in [0.3, 0.4) is 0 Å². The highest BCUT2D eigenvalue weighted by molar-refractivity contribution is 8.12. The zero-order valence-corrected chi connectivity index (χ0v) is 11.6. The fourth-order valence-corrected chi connectivity index (χ4v) is 3.53. The van der Waals surface area contributed by atoms with E-state index in [0.29, 0.717) is 5.23 Å². The van der Waals surface area contributed by atoms with Crippen molar-refractivity contribution in [2.75, 3.05) is 6.61 Å². The van der Waals surface area contributed by atoms with Gasteiger partial charge in [-0.05, 0) is 5.56 Å². The van der Waals surface area contributed by atoms with Crippen LogP contribution in [-0.2, 0) is 10.5 Å².